The largest absolute Gasteiger partial charge is 0.390 e. The lowest BCUT2D eigenvalue weighted by molar-refractivity contribution is -0.316. The summed E-state index contributed by atoms with van der Waals surface area (Å²) in [5, 5.41) is 120. The van der Waals surface area contributed by atoms with E-state index in [9.17, 15) is 56.2 Å². The monoisotopic (exact) mass is 1340 g/mol. The zero-order valence-corrected chi connectivity index (χ0v) is 51.3. The first-order chi connectivity index (χ1) is 41.4. The summed E-state index contributed by atoms with van der Waals surface area (Å²) in [4.78, 5) is 0. The van der Waals surface area contributed by atoms with Gasteiger partial charge in [-0.2, -0.15) is 11.8 Å². The Kier molecular flexibility index (Phi) is 30.1. The highest BCUT2D eigenvalue weighted by molar-refractivity contribution is 8.76. The summed E-state index contributed by atoms with van der Waals surface area (Å²) < 4.78 is 71.8. The third-order valence-electron chi connectivity index (χ3n) is 16.5. The van der Waals surface area contributed by atoms with Gasteiger partial charge in [0.1, 0.15) is 103 Å². The topological polar surface area (TPSA) is 620 Å². The van der Waals surface area contributed by atoms with E-state index in [0.29, 0.717) is 42.8 Å². The Bertz CT molecular complexity index is 2010. The molecule has 7 rings (SSSR count). The molecule has 5 aliphatic heterocycles. The maximum Gasteiger partial charge on any atom is 0.187 e. The van der Waals surface area contributed by atoms with Crippen molar-refractivity contribution in [1.82, 2.24) is 0 Å². The van der Waals surface area contributed by atoms with Gasteiger partial charge in [-0.3, -0.25) is 0 Å². The van der Waals surface area contributed by atoms with Gasteiger partial charge in [-0.25, -0.2) is 0 Å². The van der Waals surface area contributed by atoms with Crippen molar-refractivity contribution in [3.8, 4) is 0 Å². The van der Waals surface area contributed by atoms with Crippen molar-refractivity contribution in [2.45, 2.75) is 227 Å². The van der Waals surface area contributed by atoms with E-state index in [-0.39, 0.29) is 51.3 Å². The fourth-order valence-electron chi connectivity index (χ4n) is 11.3. The Morgan fingerprint density at radius 3 is 1.41 bits per heavy atom. The van der Waals surface area contributed by atoms with Crippen LogP contribution in [-0.2, 0) is 56.8 Å². The average molecular weight is 1340 g/mol. The number of nitrogens with two attached hydrogens (primary N) is 11. The van der Waals surface area contributed by atoms with Crippen LogP contribution in [-0.4, -0.2) is 338 Å². The predicted molar refractivity (Wildman–Crippen MR) is 315 cm³/mol. The molecule has 0 amide bonds. The summed E-state index contributed by atoms with van der Waals surface area (Å²) in [6.45, 7) is 1.04. The molecule has 5 saturated heterocycles. The lowest BCUT2D eigenvalue weighted by Gasteiger charge is -2.48. The lowest BCUT2D eigenvalue weighted by atomic mass is 9.84. The molecule has 38 heteroatoms. The maximum absolute atomic E-state index is 11.8. The highest BCUT2D eigenvalue weighted by atomic mass is 33.1. The number of rotatable bonds is 30. The molecule has 87 heavy (non-hydrogen) atoms. The Morgan fingerprint density at radius 1 is 0.379 bits per heavy atom. The lowest BCUT2D eigenvalue weighted by Crippen LogP contribution is -2.68. The van der Waals surface area contributed by atoms with Crippen LogP contribution in [0.25, 0.3) is 0 Å². The quantitative estimate of drug-likeness (QED) is 0.0180. The molecule has 0 aromatic heterocycles. The van der Waals surface area contributed by atoms with Crippen molar-refractivity contribution in [3.63, 3.8) is 0 Å². The van der Waals surface area contributed by atoms with Crippen molar-refractivity contribution in [1.29, 1.82) is 0 Å². The van der Waals surface area contributed by atoms with Crippen LogP contribution in [0.4, 0.5) is 0 Å². The van der Waals surface area contributed by atoms with E-state index in [1.54, 1.807) is 21.6 Å². The highest BCUT2D eigenvalue weighted by Crippen LogP contribution is 2.37. The van der Waals surface area contributed by atoms with Crippen molar-refractivity contribution < 1.29 is 113 Å². The molecule has 510 valence electrons. The zero-order chi connectivity index (χ0) is 63.6. The Hall–Kier alpha value is 0.0400. The number of aliphatic hydroxyl groups excluding tert-OH is 11. The predicted octanol–water partition coefficient (Wildman–Crippen LogP) is -12.0. The normalized spacial score (nSPS) is 47.7. The van der Waals surface area contributed by atoms with E-state index in [4.69, 9.17) is 120 Å². The molecule has 7 aliphatic rings. The summed E-state index contributed by atoms with van der Waals surface area (Å²) >= 11 is 2.44. The Labute approximate surface area is 520 Å². The number of hydrogen-bond donors (Lipinski definition) is 22. The van der Waals surface area contributed by atoms with E-state index in [0.717, 1.165) is 11.8 Å². The van der Waals surface area contributed by atoms with Gasteiger partial charge in [0.25, 0.3) is 0 Å². The third-order valence-corrected chi connectivity index (χ3v) is 20.9. The van der Waals surface area contributed by atoms with Crippen molar-refractivity contribution in [2.24, 2.45) is 63.1 Å². The van der Waals surface area contributed by atoms with Gasteiger partial charge in [0.15, 0.2) is 31.5 Å². The molecule has 5 heterocycles. The molecule has 7 fully saturated rings. The van der Waals surface area contributed by atoms with Gasteiger partial charge in [-0.05, 0) is 19.3 Å². The van der Waals surface area contributed by atoms with Crippen LogP contribution in [0, 0.1) is 0 Å². The molecule has 2 aliphatic carbocycles. The fraction of sp³-hybridized carbons (Fsp3) is 1.00. The summed E-state index contributed by atoms with van der Waals surface area (Å²) in [6.07, 6.45) is -31.9. The smallest absolute Gasteiger partial charge is 0.187 e. The first kappa shape index (κ1) is 74.4. The fourth-order valence-corrected chi connectivity index (χ4v) is 14.8. The molecule has 34 nitrogen and oxygen atoms in total. The Balaban J connectivity index is 0.803. The summed E-state index contributed by atoms with van der Waals surface area (Å²) in [7, 11) is 3.15. The van der Waals surface area contributed by atoms with Crippen molar-refractivity contribution in [2.75, 3.05) is 74.8 Å². The van der Waals surface area contributed by atoms with Crippen molar-refractivity contribution in [3.05, 3.63) is 0 Å². The van der Waals surface area contributed by atoms with E-state index >= 15 is 0 Å². The van der Waals surface area contributed by atoms with Crippen LogP contribution in [0.2, 0.25) is 0 Å². The minimum absolute atomic E-state index is 0.000441. The van der Waals surface area contributed by atoms with Gasteiger partial charge in [0.2, 0.25) is 0 Å². The Morgan fingerprint density at radius 2 is 0.839 bits per heavy atom. The molecule has 0 bridgehead atoms. The first-order valence-corrected chi connectivity index (χ1v) is 33.9. The van der Waals surface area contributed by atoms with E-state index < -0.39 is 207 Å². The molecule has 0 spiro atoms. The minimum Gasteiger partial charge on any atom is -0.390 e. The standard InChI is InChI=1S/C49H97N11O23S4/c50-12-22-21(61)11-20(57)45(74-22)78-38-17(54)10-18(55)39(36(38)69)79-48-35(68)26(58)34(67)43(83-48)44(71)85-6-2-73-4-8-87-86-7-3-72-1-5-84-15-25-41(81-47-28(60)33(66)31(64)24(14-52)76-47)37(70)49(77-25)82-42-29(62)16(53)9-19(56)40(42)80-46-27(59)32(65)30(63)23(13-51)75-46/h16-49,61-71H,1-15,50-60H2/t16-,17+,18-,19+,20-,21+,22-,23-,24+,25-,26+,27-,28-,29+,30-,31-,32-,33-,34+,35-,36+,37-,38-,39+,40-,41-,42-,43+,44?,45-,46-,47-,48+,49+/m1/s1. The van der Waals surface area contributed by atoms with E-state index in [1.807, 2.05) is 0 Å². The molecular weight excluding hydrogens is 1240 g/mol. The van der Waals surface area contributed by atoms with E-state index in [2.05, 4.69) is 0 Å². The van der Waals surface area contributed by atoms with Gasteiger partial charge in [-0.15, -0.1) is 11.8 Å². The summed E-state index contributed by atoms with van der Waals surface area (Å²) in [5.41, 5.74) is 66.2. The molecular formula is C49H97N11O23S4. The SMILES string of the molecule is NC[C@@H]1O[C@H](O[C@H]2[C@@H](O)[C@H](O[C@@H]3[C@@H](O)[C@H](N)C[C@H](N)[C@H]3O[C@H]3O[C@H](CN)[C@@H](O)[C@H](O)[C@H]3N)O[C@@H]2CSCCOCCSSCCOCCSC(O)[C@H]2O[C@H](O[C@@H]3[C@@H](O)[C@H](O[C@H]4O[C@H](CN)[C@@H](O)C[C@H]4N)[C@@H](N)C[C@H]3N)[C@H](O)[C@@H](N)[C@@H]2O)[C@H](N)[C@@H](O)[C@@H]1O. The number of ether oxygens (including phenoxy) is 12. The van der Waals surface area contributed by atoms with Crippen molar-refractivity contribution >= 4 is 45.1 Å². The van der Waals surface area contributed by atoms with Crippen LogP contribution < -0.4 is 63.1 Å². The molecule has 0 radical (unpaired) electrons. The summed E-state index contributed by atoms with van der Waals surface area (Å²) in [6, 6.07) is -8.02. The molecule has 0 aromatic rings. The number of thioether (sulfide) groups is 2. The van der Waals surface area contributed by atoms with Gasteiger partial charge in [0, 0.05) is 72.6 Å². The van der Waals surface area contributed by atoms with Crippen LogP contribution in [0.1, 0.15) is 19.3 Å². The van der Waals surface area contributed by atoms with Crippen LogP contribution in [0.5, 0.6) is 0 Å². The maximum atomic E-state index is 11.8. The third kappa shape index (κ3) is 18.7. The molecule has 33 N–H and O–H groups in total. The van der Waals surface area contributed by atoms with Gasteiger partial charge < -0.3 is 176 Å². The second-order valence-corrected chi connectivity index (χ2v) is 27.9. The number of hydrogen-bond acceptors (Lipinski definition) is 38. The summed E-state index contributed by atoms with van der Waals surface area (Å²) in [5.74, 6) is 2.28. The second kappa shape index (κ2) is 35.2. The molecule has 34 atom stereocenters. The van der Waals surface area contributed by atoms with Gasteiger partial charge >= 0.3 is 0 Å². The molecule has 1 unspecified atom stereocenters. The number of aliphatic hydroxyl groups is 11. The molecule has 0 aromatic carbocycles. The average Bonchev–Trinajstić information content (AvgIpc) is 2.21. The highest BCUT2D eigenvalue weighted by Gasteiger charge is 2.56. The zero-order valence-electron chi connectivity index (χ0n) is 48.0. The van der Waals surface area contributed by atoms with Gasteiger partial charge in [-0.1, -0.05) is 21.6 Å². The first-order valence-electron chi connectivity index (χ1n) is 29.2. The second-order valence-electron chi connectivity index (χ2n) is 22.8. The van der Waals surface area contributed by atoms with Crippen LogP contribution in [0.3, 0.4) is 0 Å². The van der Waals surface area contributed by atoms with Crippen LogP contribution >= 0.6 is 45.1 Å². The van der Waals surface area contributed by atoms with E-state index in [1.165, 1.54) is 11.8 Å². The van der Waals surface area contributed by atoms with Gasteiger partial charge in [0.05, 0.1) is 75.0 Å². The minimum atomic E-state index is -1.58. The molecule has 2 saturated carbocycles. The van der Waals surface area contributed by atoms with Crippen LogP contribution in [0.15, 0.2) is 0 Å².